The average Bonchev–Trinajstić information content (AvgIpc) is 2.83. The fraction of sp³-hybridized carbons (Fsp3) is 0.125. The summed E-state index contributed by atoms with van der Waals surface area (Å²) in [5.74, 6) is 0. The van der Waals surface area contributed by atoms with Crippen LogP contribution in [0.25, 0.3) is 10.1 Å². The molecule has 0 amide bonds. The fourth-order valence-corrected chi connectivity index (χ4v) is 4.36. The summed E-state index contributed by atoms with van der Waals surface area (Å²) in [5, 5.41) is 1.82. The summed E-state index contributed by atoms with van der Waals surface area (Å²) in [5.41, 5.74) is 1.49. The number of benzene rings is 2. The van der Waals surface area contributed by atoms with Gasteiger partial charge in [0.2, 0.25) is 0 Å². The molecule has 1 heterocycles. The third-order valence-corrected chi connectivity index (χ3v) is 5.60. The molecule has 0 fully saturated rings. The highest BCUT2D eigenvalue weighted by molar-refractivity contribution is 7.50. The zero-order chi connectivity index (χ0) is 15.7. The SMILES string of the molecule is O=P(O)(O)Cc1ccc(Cl)c(Cc2cc3ccccc3s2)c1. The smallest absolute Gasteiger partial charge is 0.324 e. The Balaban J connectivity index is 1.90. The second-order valence-electron chi connectivity index (χ2n) is 5.18. The van der Waals surface area contributed by atoms with Gasteiger partial charge in [-0.05, 0) is 34.7 Å². The Morgan fingerprint density at radius 3 is 2.59 bits per heavy atom. The van der Waals surface area contributed by atoms with Crippen molar-refractivity contribution in [2.45, 2.75) is 12.6 Å². The molecule has 0 spiro atoms. The zero-order valence-corrected chi connectivity index (χ0v) is 14.0. The van der Waals surface area contributed by atoms with Crippen molar-refractivity contribution in [2.75, 3.05) is 0 Å². The quantitative estimate of drug-likeness (QED) is 0.662. The van der Waals surface area contributed by atoms with Crippen LogP contribution in [0.4, 0.5) is 0 Å². The summed E-state index contributed by atoms with van der Waals surface area (Å²) in [6, 6.07) is 15.4. The molecule has 1 aromatic heterocycles. The number of hydrogen-bond acceptors (Lipinski definition) is 2. The highest BCUT2D eigenvalue weighted by Crippen LogP contribution is 2.40. The molecule has 6 heteroatoms. The molecule has 3 nitrogen and oxygen atoms in total. The predicted molar refractivity (Wildman–Crippen MR) is 91.8 cm³/mol. The summed E-state index contributed by atoms with van der Waals surface area (Å²) in [4.78, 5) is 19.4. The van der Waals surface area contributed by atoms with Crippen molar-refractivity contribution in [3.63, 3.8) is 0 Å². The maximum absolute atomic E-state index is 11.1. The van der Waals surface area contributed by atoms with Crippen LogP contribution in [0.3, 0.4) is 0 Å². The van der Waals surface area contributed by atoms with Crippen LogP contribution in [0.5, 0.6) is 0 Å². The van der Waals surface area contributed by atoms with Gasteiger partial charge in [-0.15, -0.1) is 11.3 Å². The van der Waals surface area contributed by atoms with Crippen molar-refractivity contribution in [3.8, 4) is 0 Å². The van der Waals surface area contributed by atoms with Gasteiger partial charge in [-0.3, -0.25) is 4.57 Å². The lowest BCUT2D eigenvalue weighted by atomic mass is 10.1. The fourth-order valence-electron chi connectivity index (χ4n) is 2.41. The van der Waals surface area contributed by atoms with Crippen molar-refractivity contribution >= 4 is 40.6 Å². The minimum Gasteiger partial charge on any atom is -0.324 e. The maximum atomic E-state index is 11.1. The van der Waals surface area contributed by atoms with E-state index in [1.165, 1.54) is 15.0 Å². The second kappa shape index (κ2) is 6.15. The molecule has 0 aliphatic heterocycles. The molecule has 2 aromatic carbocycles. The van der Waals surface area contributed by atoms with Crippen LogP contribution >= 0.6 is 30.5 Å². The van der Waals surface area contributed by atoms with E-state index in [9.17, 15) is 4.57 Å². The number of hydrogen-bond donors (Lipinski definition) is 2. The lowest BCUT2D eigenvalue weighted by molar-refractivity contribution is 0.371. The molecule has 0 saturated carbocycles. The molecule has 0 atom stereocenters. The van der Waals surface area contributed by atoms with E-state index in [1.54, 1.807) is 29.5 Å². The molecule has 0 aliphatic rings. The van der Waals surface area contributed by atoms with Gasteiger partial charge in [0, 0.05) is 21.0 Å². The van der Waals surface area contributed by atoms with E-state index in [1.807, 2.05) is 12.1 Å². The molecule has 0 saturated heterocycles. The Labute approximate surface area is 137 Å². The molecule has 22 heavy (non-hydrogen) atoms. The Kier molecular flexibility index (Phi) is 4.40. The van der Waals surface area contributed by atoms with Gasteiger partial charge in [0.25, 0.3) is 0 Å². The molecule has 3 aromatic rings. The summed E-state index contributed by atoms with van der Waals surface area (Å²) in [6.45, 7) is 0. The Bertz CT molecular complexity index is 836. The predicted octanol–water partition coefficient (Wildman–Crippen LogP) is 4.82. The van der Waals surface area contributed by atoms with Gasteiger partial charge >= 0.3 is 7.60 Å². The molecule has 114 valence electrons. The molecule has 0 radical (unpaired) electrons. The van der Waals surface area contributed by atoms with Gasteiger partial charge in [-0.25, -0.2) is 0 Å². The van der Waals surface area contributed by atoms with Crippen LogP contribution in [-0.4, -0.2) is 9.79 Å². The Morgan fingerprint density at radius 2 is 1.86 bits per heavy atom. The molecule has 3 rings (SSSR count). The van der Waals surface area contributed by atoms with E-state index in [0.717, 1.165) is 5.56 Å². The number of thiophene rings is 1. The van der Waals surface area contributed by atoms with Crippen LogP contribution in [0.2, 0.25) is 5.02 Å². The van der Waals surface area contributed by atoms with Gasteiger partial charge in [0.15, 0.2) is 0 Å². The third kappa shape index (κ3) is 3.78. The molecule has 0 bridgehead atoms. The van der Waals surface area contributed by atoms with Crippen LogP contribution in [0.15, 0.2) is 48.5 Å². The number of rotatable bonds is 4. The normalized spacial score (nSPS) is 12.0. The topological polar surface area (TPSA) is 57.5 Å². The monoisotopic (exact) mass is 352 g/mol. The van der Waals surface area contributed by atoms with Crippen molar-refractivity contribution in [1.29, 1.82) is 0 Å². The van der Waals surface area contributed by atoms with Gasteiger partial charge in [-0.1, -0.05) is 41.9 Å². The molecular formula is C16H14ClO3PS. The van der Waals surface area contributed by atoms with Crippen molar-refractivity contribution in [1.82, 2.24) is 0 Å². The lowest BCUT2D eigenvalue weighted by Gasteiger charge is -2.08. The van der Waals surface area contributed by atoms with E-state index < -0.39 is 7.60 Å². The standard InChI is InChI=1S/C16H14ClO3PS/c17-15-6-5-11(10-21(18,19)20)7-13(15)9-14-8-12-3-1-2-4-16(12)22-14/h1-8H,9-10H2,(H2,18,19,20). The van der Waals surface area contributed by atoms with Gasteiger partial charge in [0.1, 0.15) is 0 Å². The van der Waals surface area contributed by atoms with Crippen LogP contribution in [0.1, 0.15) is 16.0 Å². The maximum Gasteiger partial charge on any atom is 0.329 e. The lowest BCUT2D eigenvalue weighted by Crippen LogP contribution is -1.92. The van der Waals surface area contributed by atoms with E-state index in [2.05, 4.69) is 18.2 Å². The summed E-state index contributed by atoms with van der Waals surface area (Å²) in [7, 11) is -4.07. The minimum atomic E-state index is -4.07. The van der Waals surface area contributed by atoms with Gasteiger partial charge in [-0.2, -0.15) is 0 Å². The first-order valence-electron chi connectivity index (χ1n) is 6.70. The molecular weight excluding hydrogens is 339 g/mol. The second-order valence-corrected chi connectivity index (χ2v) is 8.40. The Morgan fingerprint density at radius 1 is 1.09 bits per heavy atom. The average molecular weight is 353 g/mol. The van der Waals surface area contributed by atoms with E-state index >= 15 is 0 Å². The van der Waals surface area contributed by atoms with Crippen LogP contribution in [-0.2, 0) is 17.1 Å². The van der Waals surface area contributed by atoms with E-state index in [0.29, 0.717) is 17.0 Å². The first-order valence-corrected chi connectivity index (χ1v) is 9.69. The third-order valence-electron chi connectivity index (χ3n) is 3.34. The summed E-state index contributed by atoms with van der Waals surface area (Å²) < 4.78 is 12.4. The first kappa shape index (κ1) is 15.7. The van der Waals surface area contributed by atoms with Crippen LogP contribution in [0, 0.1) is 0 Å². The zero-order valence-electron chi connectivity index (χ0n) is 11.6. The van der Waals surface area contributed by atoms with E-state index in [4.69, 9.17) is 21.4 Å². The van der Waals surface area contributed by atoms with E-state index in [-0.39, 0.29) is 6.16 Å². The van der Waals surface area contributed by atoms with Gasteiger partial charge in [0.05, 0.1) is 6.16 Å². The molecule has 2 N–H and O–H groups in total. The van der Waals surface area contributed by atoms with Crippen LogP contribution < -0.4 is 0 Å². The highest BCUT2D eigenvalue weighted by Gasteiger charge is 2.15. The summed E-state index contributed by atoms with van der Waals surface area (Å²) in [6.07, 6.45) is 0.400. The summed E-state index contributed by atoms with van der Waals surface area (Å²) >= 11 is 7.93. The Hall–Kier alpha value is -1.16. The van der Waals surface area contributed by atoms with Crippen molar-refractivity contribution in [2.24, 2.45) is 0 Å². The van der Waals surface area contributed by atoms with Crippen molar-refractivity contribution in [3.05, 3.63) is 69.6 Å². The first-order chi connectivity index (χ1) is 10.4. The largest absolute Gasteiger partial charge is 0.329 e. The number of halogens is 1. The molecule has 0 aliphatic carbocycles. The number of fused-ring (bicyclic) bond motifs is 1. The molecule has 0 unspecified atom stereocenters. The van der Waals surface area contributed by atoms with Gasteiger partial charge < -0.3 is 9.79 Å². The van der Waals surface area contributed by atoms with Crippen molar-refractivity contribution < 1.29 is 14.4 Å². The minimum absolute atomic E-state index is 0.260. The highest BCUT2D eigenvalue weighted by atomic mass is 35.5.